The van der Waals surface area contributed by atoms with E-state index in [2.05, 4.69) is 10.3 Å². The monoisotopic (exact) mass is 331 g/mol. The summed E-state index contributed by atoms with van der Waals surface area (Å²) in [6.45, 7) is 4.02. The quantitative estimate of drug-likeness (QED) is 0.815. The van der Waals surface area contributed by atoms with Crippen LogP contribution in [0.5, 0.6) is 0 Å². The molecule has 0 spiro atoms. The maximum atomic E-state index is 12.7. The fourth-order valence-electron chi connectivity index (χ4n) is 3.13. The van der Waals surface area contributed by atoms with Crippen LogP contribution in [0.4, 0.5) is 0 Å². The van der Waals surface area contributed by atoms with Crippen LogP contribution >= 0.6 is 0 Å². The number of aromatic nitrogens is 1. The highest BCUT2D eigenvalue weighted by Gasteiger charge is 2.38. The molecule has 1 aliphatic rings. The lowest BCUT2D eigenvalue weighted by Gasteiger charge is -2.31. The van der Waals surface area contributed by atoms with Gasteiger partial charge in [-0.15, -0.1) is 0 Å². The SMILES string of the molecule is CN(CCc1ccncc1)C(=O)C(C)(C)C(=O)NC1CCCCC1. The second-order valence-corrected chi connectivity index (χ2v) is 7.27. The summed E-state index contributed by atoms with van der Waals surface area (Å²) in [4.78, 5) is 31.0. The van der Waals surface area contributed by atoms with Gasteiger partial charge in [-0.3, -0.25) is 14.6 Å². The number of hydrogen-bond donors (Lipinski definition) is 1. The lowest BCUT2D eigenvalue weighted by Crippen LogP contribution is -2.51. The van der Waals surface area contributed by atoms with Crippen molar-refractivity contribution in [2.75, 3.05) is 13.6 Å². The Morgan fingerprint density at radius 1 is 1.21 bits per heavy atom. The molecule has 0 saturated heterocycles. The fourth-order valence-corrected chi connectivity index (χ4v) is 3.13. The summed E-state index contributed by atoms with van der Waals surface area (Å²) < 4.78 is 0. The van der Waals surface area contributed by atoms with E-state index in [9.17, 15) is 9.59 Å². The maximum Gasteiger partial charge on any atom is 0.237 e. The van der Waals surface area contributed by atoms with E-state index in [0.29, 0.717) is 6.54 Å². The number of rotatable bonds is 6. The summed E-state index contributed by atoms with van der Waals surface area (Å²) in [5, 5.41) is 3.07. The Morgan fingerprint density at radius 3 is 2.46 bits per heavy atom. The second kappa shape index (κ2) is 8.27. The predicted molar refractivity (Wildman–Crippen MR) is 94.4 cm³/mol. The van der Waals surface area contributed by atoms with Gasteiger partial charge in [0, 0.05) is 32.0 Å². The van der Waals surface area contributed by atoms with Gasteiger partial charge in [0.25, 0.3) is 0 Å². The van der Waals surface area contributed by atoms with Crippen molar-refractivity contribution in [1.82, 2.24) is 15.2 Å². The van der Waals surface area contributed by atoms with Crippen LogP contribution in [0.3, 0.4) is 0 Å². The third-order valence-electron chi connectivity index (χ3n) is 4.87. The zero-order valence-corrected chi connectivity index (χ0v) is 15.0. The summed E-state index contributed by atoms with van der Waals surface area (Å²) in [5.41, 5.74) is 0.0962. The molecule has 2 rings (SSSR count). The Kier molecular flexibility index (Phi) is 6.35. The van der Waals surface area contributed by atoms with E-state index in [1.807, 2.05) is 12.1 Å². The smallest absolute Gasteiger partial charge is 0.237 e. The van der Waals surface area contributed by atoms with Crippen LogP contribution in [0.25, 0.3) is 0 Å². The van der Waals surface area contributed by atoms with Crippen molar-refractivity contribution in [1.29, 1.82) is 0 Å². The predicted octanol–water partition coefficient (Wildman–Crippen LogP) is 2.56. The van der Waals surface area contributed by atoms with Crippen LogP contribution in [-0.4, -0.2) is 41.3 Å². The van der Waals surface area contributed by atoms with Crippen molar-refractivity contribution in [2.45, 2.75) is 58.4 Å². The van der Waals surface area contributed by atoms with Crippen LogP contribution in [0.2, 0.25) is 0 Å². The van der Waals surface area contributed by atoms with Gasteiger partial charge in [-0.1, -0.05) is 19.3 Å². The van der Waals surface area contributed by atoms with E-state index >= 15 is 0 Å². The fraction of sp³-hybridized carbons (Fsp3) is 0.632. The molecule has 1 N–H and O–H groups in total. The maximum absolute atomic E-state index is 12.7. The molecular formula is C19H29N3O2. The first-order valence-corrected chi connectivity index (χ1v) is 8.86. The van der Waals surface area contributed by atoms with Crippen LogP contribution in [0.1, 0.15) is 51.5 Å². The molecule has 0 radical (unpaired) electrons. The number of pyridine rings is 1. The molecule has 0 aliphatic heterocycles. The van der Waals surface area contributed by atoms with E-state index in [-0.39, 0.29) is 17.9 Å². The highest BCUT2D eigenvalue weighted by atomic mass is 16.2. The summed E-state index contributed by atoms with van der Waals surface area (Å²) >= 11 is 0. The molecule has 0 unspecified atom stereocenters. The van der Waals surface area contributed by atoms with Gasteiger partial charge in [-0.25, -0.2) is 0 Å². The van der Waals surface area contributed by atoms with Crippen molar-refractivity contribution in [3.63, 3.8) is 0 Å². The Morgan fingerprint density at radius 2 is 1.83 bits per heavy atom. The van der Waals surface area contributed by atoms with E-state index in [1.54, 1.807) is 38.2 Å². The number of hydrogen-bond acceptors (Lipinski definition) is 3. The minimum absolute atomic E-state index is 0.134. The van der Waals surface area contributed by atoms with Gasteiger partial charge in [-0.05, 0) is 50.8 Å². The highest BCUT2D eigenvalue weighted by molar-refractivity contribution is 6.04. The van der Waals surface area contributed by atoms with E-state index in [4.69, 9.17) is 0 Å². The van der Waals surface area contributed by atoms with Crippen LogP contribution in [0.15, 0.2) is 24.5 Å². The molecule has 1 fully saturated rings. The van der Waals surface area contributed by atoms with Gasteiger partial charge < -0.3 is 10.2 Å². The zero-order chi connectivity index (χ0) is 17.6. The Hall–Kier alpha value is -1.91. The minimum Gasteiger partial charge on any atom is -0.352 e. The number of amides is 2. The lowest BCUT2D eigenvalue weighted by atomic mass is 9.88. The number of carbonyl (C=O) groups excluding carboxylic acids is 2. The highest BCUT2D eigenvalue weighted by Crippen LogP contribution is 2.22. The molecule has 1 aromatic heterocycles. The first kappa shape index (κ1) is 18.4. The molecule has 2 amide bonds. The largest absolute Gasteiger partial charge is 0.352 e. The van der Waals surface area contributed by atoms with Gasteiger partial charge in [-0.2, -0.15) is 0 Å². The first-order chi connectivity index (χ1) is 11.4. The molecule has 24 heavy (non-hydrogen) atoms. The molecule has 1 aromatic rings. The van der Waals surface area contributed by atoms with Gasteiger partial charge in [0.1, 0.15) is 5.41 Å². The first-order valence-electron chi connectivity index (χ1n) is 8.86. The lowest BCUT2D eigenvalue weighted by molar-refractivity contribution is -0.148. The molecule has 132 valence electrons. The summed E-state index contributed by atoms with van der Waals surface area (Å²) in [6.07, 6.45) is 9.85. The van der Waals surface area contributed by atoms with Crippen molar-refractivity contribution < 1.29 is 9.59 Å². The molecule has 5 nitrogen and oxygen atoms in total. The molecule has 5 heteroatoms. The van der Waals surface area contributed by atoms with Gasteiger partial charge >= 0.3 is 0 Å². The zero-order valence-electron chi connectivity index (χ0n) is 15.0. The average Bonchev–Trinajstić information content (AvgIpc) is 2.60. The average molecular weight is 331 g/mol. The molecule has 1 aliphatic carbocycles. The number of likely N-dealkylation sites (N-methyl/N-ethyl adjacent to an activating group) is 1. The van der Waals surface area contributed by atoms with Gasteiger partial charge in [0.2, 0.25) is 11.8 Å². The molecule has 1 saturated carbocycles. The van der Waals surface area contributed by atoms with Crippen molar-refractivity contribution in [3.05, 3.63) is 30.1 Å². The van der Waals surface area contributed by atoms with Crippen LogP contribution in [-0.2, 0) is 16.0 Å². The molecule has 1 heterocycles. The molecule has 0 aromatic carbocycles. The standard InChI is InChI=1S/C19H29N3O2/c1-19(2,17(23)21-16-7-5-4-6-8-16)18(24)22(3)14-11-15-9-12-20-13-10-15/h9-10,12-13,16H,4-8,11,14H2,1-3H3,(H,21,23). The normalized spacial score (nSPS) is 15.8. The number of carbonyl (C=O) groups is 2. The third kappa shape index (κ3) is 4.79. The van der Waals surface area contributed by atoms with Crippen molar-refractivity contribution in [3.8, 4) is 0 Å². The molecule has 0 bridgehead atoms. The van der Waals surface area contributed by atoms with Crippen LogP contribution in [0, 0.1) is 5.41 Å². The molecule has 0 atom stereocenters. The van der Waals surface area contributed by atoms with E-state index < -0.39 is 5.41 Å². The Labute approximate surface area is 144 Å². The topological polar surface area (TPSA) is 62.3 Å². The third-order valence-corrected chi connectivity index (χ3v) is 4.87. The summed E-state index contributed by atoms with van der Waals surface area (Å²) in [6, 6.07) is 4.11. The van der Waals surface area contributed by atoms with Crippen LogP contribution < -0.4 is 5.32 Å². The van der Waals surface area contributed by atoms with E-state index in [1.165, 1.54) is 6.42 Å². The van der Waals surface area contributed by atoms with Crippen molar-refractivity contribution >= 4 is 11.8 Å². The van der Waals surface area contributed by atoms with Crippen molar-refractivity contribution in [2.24, 2.45) is 5.41 Å². The van der Waals surface area contributed by atoms with Gasteiger partial charge in [0.05, 0.1) is 0 Å². The number of nitrogens with zero attached hydrogens (tertiary/aromatic N) is 2. The van der Waals surface area contributed by atoms with E-state index in [0.717, 1.165) is 37.7 Å². The summed E-state index contributed by atoms with van der Waals surface area (Å²) in [7, 11) is 1.76. The second-order valence-electron chi connectivity index (χ2n) is 7.27. The Balaban J connectivity index is 1.88. The Bertz CT molecular complexity index is 551. The molecular weight excluding hydrogens is 302 g/mol. The van der Waals surface area contributed by atoms with Gasteiger partial charge in [0.15, 0.2) is 0 Å². The number of nitrogens with one attached hydrogen (secondary N) is 1. The summed E-state index contributed by atoms with van der Waals surface area (Å²) in [5.74, 6) is -0.292. The minimum atomic E-state index is -1.04.